The van der Waals surface area contributed by atoms with Gasteiger partial charge in [-0.2, -0.15) is 13.2 Å². The lowest BCUT2D eigenvalue weighted by Gasteiger charge is -2.16. The van der Waals surface area contributed by atoms with Gasteiger partial charge in [0.1, 0.15) is 5.69 Å². The van der Waals surface area contributed by atoms with Gasteiger partial charge < -0.3 is 4.90 Å². The summed E-state index contributed by atoms with van der Waals surface area (Å²) in [5.41, 5.74) is 0.295. The molecule has 1 saturated heterocycles. The predicted molar refractivity (Wildman–Crippen MR) is 79.8 cm³/mol. The number of benzene rings is 1. The van der Waals surface area contributed by atoms with Crippen molar-refractivity contribution in [2.24, 2.45) is 5.92 Å². The minimum absolute atomic E-state index is 0.00632. The Labute approximate surface area is 131 Å². The van der Waals surface area contributed by atoms with Crippen LogP contribution in [0, 0.1) is 5.92 Å². The van der Waals surface area contributed by atoms with E-state index >= 15 is 0 Å². The Kier molecular flexibility index (Phi) is 4.07. The normalized spacial score (nSPS) is 18.5. The monoisotopic (exact) mass is 320 g/mol. The number of nitrogens with zero attached hydrogens (tertiary/aromatic N) is 2. The van der Waals surface area contributed by atoms with Crippen LogP contribution in [0.1, 0.15) is 17.8 Å². The first kappa shape index (κ1) is 15.5. The number of pyridine rings is 1. The number of carbonyl (C=O) groups excluding carboxylic acids is 1. The van der Waals surface area contributed by atoms with Crippen LogP contribution in [0.15, 0.2) is 48.5 Å². The van der Waals surface area contributed by atoms with E-state index in [4.69, 9.17) is 0 Å². The van der Waals surface area contributed by atoms with Gasteiger partial charge in [0.25, 0.3) is 0 Å². The van der Waals surface area contributed by atoms with Crippen LogP contribution in [0.25, 0.3) is 0 Å². The van der Waals surface area contributed by atoms with Crippen molar-refractivity contribution in [3.63, 3.8) is 0 Å². The van der Waals surface area contributed by atoms with Crippen molar-refractivity contribution < 1.29 is 18.0 Å². The molecule has 1 aliphatic heterocycles. The number of rotatable bonds is 3. The summed E-state index contributed by atoms with van der Waals surface area (Å²) in [7, 11) is 0. The molecule has 2 heterocycles. The molecule has 2 aromatic rings. The van der Waals surface area contributed by atoms with Gasteiger partial charge in [0, 0.05) is 24.3 Å². The van der Waals surface area contributed by atoms with Gasteiger partial charge in [-0.05, 0) is 36.6 Å². The van der Waals surface area contributed by atoms with Crippen molar-refractivity contribution in [1.29, 1.82) is 0 Å². The van der Waals surface area contributed by atoms with Crippen LogP contribution in [0.2, 0.25) is 0 Å². The van der Waals surface area contributed by atoms with Crippen LogP contribution in [0.5, 0.6) is 0 Å². The molecule has 23 heavy (non-hydrogen) atoms. The summed E-state index contributed by atoms with van der Waals surface area (Å²) in [6.07, 6.45) is -3.76. The molecule has 0 aliphatic carbocycles. The summed E-state index contributed by atoms with van der Waals surface area (Å²) in [6.45, 7) is 0.501. The first-order valence-corrected chi connectivity index (χ1v) is 7.32. The second-order valence-electron chi connectivity index (χ2n) is 5.63. The largest absolute Gasteiger partial charge is 0.433 e. The maximum atomic E-state index is 12.7. The number of halogens is 3. The topological polar surface area (TPSA) is 33.2 Å². The highest BCUT2D eigenvalue weighted by molar-refractivity contribution is 5.95. The van der Waals surface area contributed by atoms with Crippen molar-refractivity contribution >= 4 is 11.6 Å². The molecule has 0 bridgehead atoms. The predicted octanol–water partition coefficient (Wildman–Crippen LogP) is 3.70. The summed E-state index contributed by atoms with van der Waals surface area (Å²) in [4.78, 5) is 17.5. The van der Waals surface area contributed by atoms with Gasteiger partial charge in [-0.25, -0.2) is 4.98 Å². The molecule has 3 nitrogen and oxygen atoms in total. The highest BCUT2D eigenvalue weighted by atomic mass is 19.4. The van der Waals surface area contributed by atoms with Gasteiger partial charge in [0.05, 0.1) is 0 Å². The summed E-state index contributed by atoms with van der Waals surface area (Å²) in [5, 5.41) is 0. The molecule has 0 radical (unpaired) electrons. The van der Waals surface area contributed by atoms with Gasteiger partial charge in [-0.3, -0.25) is 4.79 Å². The molecule has 0 spiro atoms. The Morgan fingerprint density at radius 2 is 1.83 bits per heavy atom. The van der Waals surface area contributed by atoms with Gasteiger partial charge in [0.15, 0.2) is 0 Å². The average Bonchev–Trinajstić information content (AvgIpc) is 2.88. The molecule has 0 unspecified atom stereocenters. The van der Waals surface area contributed by atoms with Crippen molar-refractivity contribution in [3.8, 4) is 0 Å². The van der Waals surface area contributed by atoms with Crippen LogP contribution in [0.4, 0.5) is 18.9 Å². The van der Waals surface area contributed by atoms with E-state index in [2.05, 4.69) is 4.98 Å². The Hall–Kier alpha value is -2.37. The number of alkyl halides is 3. The number of para-hydroxylation sites is 1. The third-order valence-electron chi connectivity index (χ3n) is 3.87. The molecule has 1 amide bonds. The van der Waals surface area contributed by atoms with E-state index in [-0.39, 0.29) is 11.8 Å². The molecule has 0 saturated carbocycles. The summed E-state index contributed by atoms with van der Waals surface area (Å²) >= 11 is 0. The molecule has 0 N–H and O–H groups in total. The smallest absolute Gasteiger partial charge is 0.312 e. The third kappa shape index (κ3) is 3.52. The van der Waals surface area contributed by atoms with E-state index in [0.717, 1.165) is 11.8 Å². The van der Waals surface area contributed by atoms with Gasteiger partial charge >= 0.3 is 6.18 Å². The highest BCUT2D eigenvalue weighted by Gasteiger charge is 2.34. The van der Waals surface area contributed by atoms with Crippen LogP contribution >= 0.6 is 0 Å². The minimum atomic E-state index is -4.45. The number of aromatic nitrogens is 1. The van der Waals surface area contributed by atoms with E-state index in [1.807, 2.05) is 30.3 Å². The van der Waals surface area contributed by atoms with Gasteiger partial charge in [-0.15, -0.1) is 0 Å². The second kappa shape index (κ2) is 6.02. The molecule has 3 rings (SSSR count). The first-order chi connectivity index (χ1) is 10.9. The van der Waals surface area contributed by atoms with E-state index in [0.29, 0.717) is 25.1 Å². The quantitative estimate of drug-likeness (QED) is 0.864. The van der Waals surface area contributed by atoms with Crippen LogP contribution in [-0.2, 0) is 17.4 Å². The van der Waals surface area contributed by atoms with E-state index < -0.39 is 11.9 Å². The fourth-order valence-electron chi connectivity index (χ4n) is 2.82. The lowest BCUT2D eigenvalue weighted by atomic mass is 10.0. The highest BCUT2D eigenvalue weighted by Crippen LogP contribution is 2.29. The number of carbonyl (C=O) groups is 1. The van der Waals surface area contributed by atoms with Crippen LogP contribution < -0.4 is 4.90 Å². The Morgan fingerprint density at radius 3 is 2.52 bits per heavy atom. The molecule has 1 aromatic carbocycles. The number of hydrogen-bond donors (Lipinski definition) is 0. The molecule has 1 atom stereocenters. The van der Waals surface area contributed by atoms with E-state index in [9.17, 15) is 18.0 Å². The van der Waals surface area contributed by atoms with Gasteiger partial charge in [-0.1, -0.05) is 24.3 Å². The zero-order valence-corrected chi connectivity index (χ0v) is 12.3. The molecule has 1 aliphatic rings. The molecule has 1 aromatic heterocycles. The van der Waals surface area contributed by atoms with E-state index in [1.54, 1.807) is 11.0 Å². The fraction of sp³-hybridized carbons (Fsp3) is 0.294. The lowest BCUT2D eigenvalue weighted by molar-refractivity contribution is -0.141. The average molecular weight is 320 g/mol. The SMILES string of the molecule is O=C1C[C@@H](Cc2cccc(C(F)(F)F)n2)CN1c1ccccc1. The molecule has 1 fully saturated rings. The molecule has 6 heteroatoms. The van der Waals surface area contributed by atoms with Crippen molar-refractivity contribution in [1.82, 2.24) is 4.98 Å². The lowest BCUT2D eigenvalue weighted by Crippen LogP contribution is -2.24. The third-order valence-corrected chi connectivity index (χ3v) is 3.87. The first-order valence-electron chi connectivity index (χ1n) is 7.32. The Morgan fingerprint density at radius 1 is 1.09 bits per heavy atom. The molecular formula is C17H15F3N2O. The zero-order valence-electron chi connectivity index (χ0n) is 12.3. The zero-order chi connectivity index (χ0) is 16.4. The van der Waals surface area contributed by atoms with Crippen LogP contribution in [-0.4, -0.2) is 17.4 Å². The maximum absolute atomic E-state index is 12.7. The Bertz CT molecular complexity index is 700. The summed E-state index contributed by atoms with van der Waals surface area (Å²) in [6, 6.07) is 13.2. The number of hydrogen-bond acceptors (Lipinski definition) is 2. The molecule has 120 valence electrons. The van der Waals surface area contributed by atoms with Crippen molar-refractivity contribution in [3.05, 3.63) is 59.9 Å². The standard InChI is InChI=1S/C17H15F3N2O/c18-17(19,20)15-8-4-5-13(21-15)9-12-10-16(23)22(11-12)14-6-2-1-3-7-14/h1-8,12H,9-11H2/t12-/m1/s1. The van der Waals surface area contributed by atoms with Crippen molar-refractivity contribution in [2.75, 3.05) is 11.4 Å². The van der Waals surface area contributed by atoms with Gasteiger partial charge in [0.2, 0.25) is 5.91 Å². The summed E-state index contributed by atoms with van der Waals surface area (Å²) < 4.78 is 38.1. The second-order valence-corrected chi connectivity index (χ2v) is 5.63. The minimum Gasteiger partial charge on any atom is -0.312 e. The van der Waals surface area contributed by atoms with Crippen LogP contribution in [0.3, 0.4) is 0 Å². The van der Waals surface area contributed by atoms with E-state index in [1.165, 1.54) is 6.07 Å². The summed E-state index contributed by atoms with van der Waals surface area (Å²) in [5.74, 6) is -0.0353. The Balaban J connectivity index is 1.72. The number of anilines is 1. The molecular weight excluding hydrogens is 305 g/mol. The fourth-order valence-corrected chi connectivity index (χ4v) is 2.82. The van der Waals surface area contributed by atoms with Crippen molar-refractivity contribution in [2.45, 2.75) is 19.0 Å². The maximum Gasteiger partial charge on any atom is 0.433 e. The number of amides is 1.